The third kappa shape index (κ3) is 4.22. The first-order chi connectivity index (χ1) is 13.6. The Kier molecular flexibility index (Phi) is 5.96. The van der Waals surface area contributed by atoms with Crippen LogP contribution >= 0.6 is 27.3 Å². The lowest BCUT2D eigenvalue weighted by Gasteiger charge is -2.35. The van der Waals surface area contributed by atoms with Crippen LogP contribution < -0.4 is 5.32 Å². The lowest BCUT2D eigenvalue weighted by atomic mass is 9.98. The van der Waals surface area contributed by atoms with Crippen LogP contribution in [0, 0.1) is 6.92 Å². The molecule has 3 aromatic rings. The maximum atomic E-state index is 12.6. The van der Waals surface area contributed by atoms with Crippen molar-refractivity contribution in [1.29, 1.82) is 0 Å². The monoisotopic (exact) mass is 460 g/mol. The molecule has 146 valence electrons. The summed E-state index contributed by atoms with van der Waals surface area (Å²) in [6.07, 6.45) is 1.51. The second kappa shape index (κ2) is 8.61. The second-order valence-corrected chi connectivity index (χ2v) is 8.85. The Morgan fingerprint density at radius 3 is 2.64 bits per heavy atom. The molecule has 0 bridgehead atoms. The number of hydrogen-bond acceptors (Lipinski definition) is 5. The first-order valence-corrected chi connectivity index (χ1v) is 10.8. The van der Waals surface area contributed by atoms with E-state index in [9.17, 15) is 4.79 Å². The van der Waals surface area contributed by atoms with Gasteiger partial charge in [0.05, 0.1) is 25.5 Å². The molecule has 0 aliphatic carbocycles. The predicted molar refractivity (Wildman–Crippen MR) is 114 cm³/mol. The molecule has 0 radical (unpaired) electrons. The summed E-state index contributed by atoms with van der Waals surface area (Å²) in [5, 5.41) is 3.91. The highest BCUT2D eigenvalue weighted by Gasteiger charge is 2.28. The van der Waals surface area contributed by atoms with Crippen LogP contribution in [0.1, 0.15) is 32.6 Å². The number of hydrogen-bond donors (Lipinski definition) is 1. The Bertz CT molecular complexity index is 931. The number of benzene rings is 1. The van der Waals surface area contributed by atoms with E-state index >= 15 is 0 Å². The van der Waals surface area contributed by atoms with Gasteiger partial charge in [-0.25, -0.2) is 0 Å². The number of thiophene rings is 1. The summed E-state index contributed by atoms with van der Waals surface area (Å²) in [4.78, 5) is 16.1. The number of aryl methyl sites for hydroxylation is 1. The second-order valence-electron chi connectivity index (χ2n) is 6.68. The van der Waals surface area contributed by atoms with Gasteiger partial charge in [-0.3, -0.25) is 9.69 Å². The van der Waals surface area contributed by atoms with Crippen LogP contribution in [-0.2, 0) is 4.74 Å². The van der Waals surface area contributed by atoms with E-state index in [1.165, 1.54) is 11.8 Å². The number of amides is 1. The molecule has 1 saturated heterocycles. The molecule has 0 saturated carbocycles. The van der Waals surface area contributed by atoms with E-state index in [2.05, 4.69) is 63.4 Å². The molecule has 1 fully saturated rings. The Hall–Kier alpha value is -1.93. The summed E-state index contributed by atoms with van der Waals surface area (Å²) in [7, 11) is 0. The molecule has 1 aromatic carbocycles. The van der Waals surface area contributed by atoms with Crippen LogP contribution in [0.3, 0.4) is 0 Å². The lowest BCUT2D eigenvalue weighted by Crippen LogP contribution is -2.39. The van der Waals surface area contributed by atoms with Crippen molar-refractivity contribution in [3.8, 4) is 0 Å². The Morgan fingerprint density at radius 1 is 1.21 bits per heavy atom. The number of carbonyl (C=O) groups excluding carboxylic acids is 1. The van der Waals surface area contributed by atoms with Gasteiger partial charge in [0.2, 0.25) is 0 Å². The van der Waals surface area contributed by atoms with E-state index in [1.807, 2.05) is 0 Å². The van der Waals surface area contributed by atoms with Crippen molar-refractivity contribution in [3.63, 3.8) is 0 Å². The average molecular weight is 461 g/mol. The lowest BCUT2D eigenvalue weighted by molar-refractivity contribution is 0.0241. The number of anilines is 1. The Balaban J connectivity index is 1.71. The molecular formula is C21H21BrN2O3S. The van der Waals surface area contributed by atoms with E-state index in [4.69, 9.17) is 9.15 Å². The van der Waals surface area contributed by atoms with E-state index in [1.54, 1.807) is 23.5 Å². The molecule has 0 unspecified atom stereocenters. The van der Waals surface area contributed by atoms with Gasteiger partial charge in [-0.2, -0.15) is 0 Å². The molecule has 5 nitrogen and oxygen atoms in total. The van der Waals surface area contributed by atoms with Gasteiger partial charge in [0.25, 0.3) is 5.91 Å². The van der Waals surface area contributed by atoms with Gasteiger partial charge in [0.1, 0.15) is 5.00 Å². The molecule has 1 atom stereocenters. The maximum absolute atomic E-state index is 12.6. The number of nitrogens with zero attached hydrogens (tertiary/aromatic N) is 1. The van der Waals surface area contributed by atoms with E-state index in [-0.39, 0.29) is 11.9 Å². The van der Waals surface area contributed by atoms with Crippen molar-refractivity contribution >= 4 is 38.2 Å². The summed E-state index contributed by atoms with van der Waals surface area (Å²) >= 11 is 5.11. The van der Waals surface area contributed by atoms with Crippen molar-refractivity contribution in [1.82, 2.24) is 4.90 Å². The van der Waals surface area contributed by atoms with Crippen LogP contribution in [-0.4, -0.2) is 37.1 Å². The van der Waals surface area contributed by atoms with Gasteiger partial charge in [-0.15, -0.1) is 11.3 Å². The van der Waals surface area contributed by atoms with E-state index in [0.29, 0.717) is 19.0 Å². The molecule has 3 heterocycles. The zero-order chi connectivity index (χ0) is 19.5. The van der Waals surface area contributed by atoms with Gasteiger partial charge < -0.3 is 14.5 Å². The Labute approximate surface area is 176 Å². The number of ether oxygens (including phenoxy) is 1. The summed E-state index contributed by atoms with van der Waals surface area (Å²) in [5.41, 5.74) is 2.29. The SMILES string of the molecule is Cc1cc([C@@H](c2ccc(Br)cc2)N2CCOCC2)c(NC(=O)c2ccco2)s1. The minimum absolute atomic E-state index is 0.0499. The van der Waals surface area contributed by atoms with E-state index in [0.717, 1.165) is 33.0 Å². The zero-order valence-corrected chi connectivity index (χ0v) is 17.9. The molecule has 1 aliphatic heterocycles. The predicted octanol–water partition coefficient (Wildman–Crippen LogP) is 5.09. The molecule has 1 N–H and O–H groups in total. The van der Waals surface area contributed by atoms with Crippen LogP contribution in [0.4, 0.5) is 5.00 Å². The summed E-state index contributed by atoms with van der Waals surface area (Å²) < 4.78 is 11.9. The number of furan rings is 1. The number of carbonyl (C=O) groups is 1. The summed E-state index contributed by atoms with van der Waals surface area (Å²) in [6, 6.07) is 14.0. The molecule has 1 aliphatic rings. The van der Waals surface area contributed by atoms with Gasteiger partial charge in [0.15, 0.2) is 5.76 Å². The van der Waals surface area contributed by atoms with Gasteiger partial charge in [-0.05, 0) is 42.8 Å². The minimum Gasteiger partial charge on any atom is -0.459 e. The summed E-state index contributed by atoms with van der Waals surface area (Å²) in [5.74, 6) is 0.0770. The smallest absolute Gasteiger partial charge is 0.291 e. The number of halogens is 1. The third-order valence-corrected chi connectivity index (χ3v) is 6.26. The molecular weight excluding hydrogens is 440 g/mol. The maximum Gasteiger partial charge on any atom is 0.291 e. The molecule has 1 amide bonds. The van der Waals surface area contributed by atoms with Crippen molar-refractivity contribution in [2.24, 2.45) is 0 Å². The number of nitrogens with one attached hydrogen (secondary N) is 1. The van der Waals surface area contributed by atoms with Crippen molar-refractivity contribution in [3.05, 3.63) is 75.0 Å². The number of morpholine rings is 1. The quantitative estimate of drug-likeness (QED) is 0.576. The highest BCUT2D eigenvalue weighted by atomic mass is 79.9. The zero-order valence-electron chi connectivity index (χ0n) is 15.5. The van der Waals surface area contributed by atoms with Crippen molar-refractivity contribution < 1.29 is 13.9 Å². The normalized spacial score (nSPS) is 16.1. The largest absolute Gasteiger partial charge is 0.459 e. The topological polar surface area (TPSA) is 54.7 Å². The highest BCUT2D eigenvalue weighted by molar-refractivity contribution is 9.10. The van der Waals surface area contributed by atoms with E-state index < -0.39 is 0 Å². The fraction of sp³-hybridized carbons (Fsp3) is 0.286. The third-order valence-electron chi connectivity index (χ3n) is 4.75. The fourth-order valence-corrected chi connectivity index (χ4v) is 4.68. The highest BCUT2D eigenvalue weighted by Crippen LogP contribution is 2.39. The first kappa shape index (κ1) is 19.4. The van der Waals surface area contributed by atoms with Crippen molar-refractivity contribution in [2.75, 3.05) is 31.6 Å². The van der Waals surface area contributed by atoms with Crippen LogP contribution in [0.5, 0.6) is 0 Å². The molecule has 0 spiro atoms. The van der Waals surface area contributed by atoms with Crippen LogP contribution in [0.25, 0.3) is 0 Å². The van der Waals surface area contributed by atoms with Gasteiger partial charge in [-0.1, -0.05) is 28.1 Å². The van der Waals surface area contributed by atoms with Crippen LogP contribution in [0.15, 0.2) is 57.6 Å². The molecule has 28 heavy (non-hydrogen) atoms. The van der Waals surface area contributed by atoms with Crippen LogP contribution in [0.2, 0.25) is 0 Å². The van der Waals surface area contributed by atoms with Gasteiger partial charge in [0, 0.05) is 28.0 Å². The van der Waals surface area contributed by atoms with Gasteiger partial charge >= 0.3 is 0 Å². The standard InChI is InChI=1S/C21H21BrN2O3S/c1-14-13-17(21(28-14)23-20(25)18-3-2-10-27-18)19(24-8-11-26-12-9-24)15-4-6-16(22)7-5-15/h2-7,10,13,19H,8-9,11-12H2,1H3,(H,23,25)/t19-/m1/s1. The molecule has 4 rings (SSSR count). The molecule has 2 aromatic heterocycles. The van der Waals surface area contributed by atoms with Crippen molar-refractivity contribution in [2.45, 2.75) is 13.0 Å². The number of rotatable bonds is 5. The fourth-order valence-electron chi connectivity index (χ4n) is 3.47. The minimum atomic E-state index is -0.232. The molecule has 7 heteroatoms. The average Bonchev–Trinajstić information content (AvgIpc) is 3.35. The summed E-state index contributed by atoms with van der Waals surface area (Å²) in [6.45, 7) is 5.19. The Morgan fingerprint density at radius 2 is 1.96 bits per heavy atom. The first-order valence-electron chi connectivity index (χ1n) is 9.14.